The molecule has 1 aromatic heterocycles. The molecule has 0 atom stereocenters. The van der Waals surface area contributed by atoms with E-state index in [9.17, 15) is 14.9 Å². The molecule has 0 fully saturated rings. The van der Waals surface area contributed by atoms with Gasteiger partial charge >= 0.3 is 5.88 Å². The quantitative estimate of drug-likeness (QED) is 0.469. The van der Waals surface area contributed by atoms with Crippen molar-refractivity contribution in [1.82, 2.24) is 5.43 Å². The number of carbonyl (C=O) groups is 1. The highest BCUT2D eigenvalue weighted by molar-refractivity contribution is 5.87. The number of hydrogen-bond acceptors (Lipinski definition) is 6. The minimum atomic E-state index is -1.05. The van der Waals surface area contributed by atoms with Crippen LogP contribution in [-0.4, -0.2) is 22.6 Å². The van der Waals surface area contributed by atoms with Crippen molar-refractivity contribution in [3.63, 3.8) is 0 Å². The average molecular weight is 296 g/mol. The Labute approximate surface area is 122 Å². The lowest BCUT2D eigenvalue weighted by atomic mass is 9.77. The van der Waals surface area contributed by atoms with Crippen molar-refractivity contribution in [3.05, 3.63) is 28.0 Å². The van der Waals surface area contributed by atoms with Crippen LogP contribution in [0, 0.1) is 22.0 Å². The molecule has 1 heterocycles. The first-order chi connectivity index (χ1) is 9.69. The predicted octanol–water partition coefficient (Wildman–Crippen LogP) is 1.65. The van der Waals surface area contributed by atoms with Crippen LogP contribution in [0.1, 0.15) is 33.5 Å². The number of amides is 1. The fourth-order valence-electron chi connectivity index (χ4n) is 1.95. The zero-order valence-corrected chi connectivity index (χ0v) is 12.5. The molecule has 0 aliphatic heterocycles. The van der Waals surface area contributed by atoms with Crippen molar-refractivity contribution in [2.75, 3.05) is 0 Å². The number of nitro groups is 1. The van der Waals surface area contributed by atoms with E-state index in [-0.39, 0.29) is 23.5 Å². The summed E-state index contributed by atoms with van der Waals surface area (Å²) in [5.74, 6) is -0.779. The Morgan fingerprint density at radius 2 is 2.00 bits per heavy atom. The summed E-state index contributed by atoms with van der Waals surface area (Å²) >= 11 is 0. The number of nitrogens with two attached hydrogens (primary N) is 1. The second kappa shape index (κ2) is 6.49. The molecular weight excluding hydrogens is 276 g/mol. The van der Waals surface area contributed by atoms with E-state index in [1.165, 1.54) is 18.3 Å². The van der Waals surface area contributed by atoms with Crippen LogP contribution >= 0.6 is 0 Å². The molecule has 0 bridgehead atoms. The molecule has 8 nitrogen and oxygen atoms in total. The lowest BCUT2D eigenvalue weighted by Gasteiger charge is -2.34. The highest BCUT2D eigenvalue weighted by Gasteiger charge is 2.40. The second-order valence-corrected chi connectivity index (χ2v) is 5.37. The fourth-order valence-corrected chi connectivity index (χ4v) is 1.95. The van der Waals surface area contributed by atoms with Gasteiger partial charge in [0, 0.05) is 0 Å². The third-order valence-electron chi connectivity index (χ3n) is 3.45. The molecule has 0 unspecified atom stereocenters. The molecule has 1 aromatic rings. The van der Waals surface area contributed by atoms with Gasteiger partial charge in [0.1, 0.15) is 10.5 Å². The van der Waals surface area contributed by atoms with Crippen LogP contribution in [0.15, 0.2) is 21.7 Å². The van der Waals surface area contributed by atoms with Crippen molar-refractivity contribution in [1.29, 1.82) is 0 Å². The van der Waals surface area contributed by atoms with E-state index in [4.69, 9.17) is 10.2 Å². The van der Waals surface area contributed by atoms with Gasteiger partial charge in [-0.1, -0.05) is 27.7 Å². The Balaban J connectivity index is 2.75. The van der Waals surface area contributed by atoms with E-state index >= 15 is 0 Å². The molecule has 0 aromatic carbocycles. The molecule has 3 N–H and O–H groups in total. The Kier molecular flexibility index (Phi) is 5.20. The minimum absolute atomic E-state index is 0.0719. The molecule has 0 saturated heterocycles. The third-order valence-corrected chi connectivity index (χ3v) is 3.45. The molecule has 116 valence electrons. The summed E-state index contributed by atoms with van der Waals surface area (Å²) in [4.78, 5) is 22.0. The second-order valence-electron chi connectivity index (χ2n) is 5.37. The van der Waals surface area contributed by atoms with Gasteiger partial charge in [-0.05, 0) is 17.9 Å². The lowest BCUT2D eigenvalue weighted by Crippen LogP contribution is -2.60. The van der Waals surface area contributed by atoms with Crippen molar-refractivity contribution < 1.29 is 14.1 Å². The topological polar surface area (TPSA) is 124 Å². The van der Waals surface area contributed by atoms with Gasteiger partial charge in [0.25, 0.3) is 5.91 Å². The number of nitrogens with one attached hydrogen (secondary N) is 1. The van der Waals surface area contributed by atoms with Gasteiger partial charge in [0.2, 0.25) is 0 Å². The molecule has 0 spiro atoms. The van der Waals surface area contributed by atoms with Gasteiger partial charge in [0.05, 0.1) is 12.3 Å². The van der Waals surface area contributed by atoms with E-state index < -0.39 is 16.4 Å². The van der Waals surface area contributed by atoms with Gasteiger partial charge in [-0.3, -0.25) is 14.9 Å². The normalized spacial score (nSPS) is 12.3. The number of hydrazone groups is 1. The molecule has 0 radical (unpaired) electrons. The molecule has 0 saturated carbocycles. The molecule has 0 aliphatic carbocycles. The zero-order chi connectivity index (χ0) is 16.2. The maximum atomic E-state index is 12.2. The maximum absolute atomic E-state index is 12.2. The SMILES string of the molecule is CC(C)C(N)(C(=O)N/N=C/c1ccc([N+](=O)[O-])o1)C(C)C. The van der Waals surface area contributed by atoms with Crippen molar-refractivity contribution >= 4 is 18.0 Å². The van der Waals surface area contributed by atoms with Crippen molar-refractivity contribution in [2.24, 2.45) is 22.7 Å². The Morgan fingerprint density at radius 3 is 2.43 bits per heavy atom. The van der Waals surface area contributed by atoms with Crippen molar-refractivity contribution in [3.8, 4) is 0 Å². The van der Waals surface area contributed by atoms with E-state index in [0.717, 1.165) is 0 Å². The van der Waals surface area contributed by atoms with E-state index in [1.807, 2.05) is 27.7 Å². The standard InChI is InChI=1S/C13H20N4O4/c1-8(2)13(14,9(3)4)12(18)16-15-7-10-5-6-11(21-10)17(19)20/h5-9H,14H2,1-4H3,(H,16,18)/b15-7+. The summed E-state index contributed by atoms with van der Waals surface area (Å²) in [6, 6.07) is 2.59. The summed E-state index contributed by atoms with van der Waals surface area (Å²) in [6.07, 6.45) is 1.19. The number of furan rings is 1. The van der Waals surface area contributed by atoms with Crippen LogP contribution in [0.3, 0.4) is 0 Å². The third kappa shape index (κ3) is 3.66. The lowest BCUT2D eigenvalue weighted by molar-refractivity contribution is -0.402. The summed E-state index contributed by atoms with van der Waals surface area (Å²) in [5.41, 5.74) is 7.45. The highest BCUT2D eigenvalue weighted by atomic mass is 16.6. The molecule has 8 heteroatoms. The number of hydrogen-bond donors (Lipinski definition) is 2. The van der Waals surface area contributed by atoms with Crippen LogP contribution < -0.4 is 11.2 Å². The van der Waals surface area contributed by atoms with Gasteiger partial charge in [-0.15, -0.1) is 0 Å². The molecule has 21 heavy (non-hydrogen) atoms. The molecule has 1 rings (SSSR count). The number of carbonyl (C=O) groups excluding carboxylic acids is 1. The van der Waals surface area contributed by atoms with Gasteiger partial charge in [-0.25, -0.2) is 5.43 Å². The Hall–Kier alpha value is -2.22. The summed E-state index contributed by atoms with van der Waals surface area (Å²) in [5, 5.41) is 14.2. The van der Waals surface area contributed by atoms with Gasteiger partial charge in [0.15, 0.2) is 5.76 Å². The molecular formula is C13H20N4O4. The van der Waals surface area contributed by atoms with Crippen molar-refractivity contribution in [2.45, 2.75) is 33.2 Å². The minimum Gasteiger partial charge on any atom is -0.400 e. The number of rotatable bonds is 6. The predicted molar refractivity (Wildman–Crippen MR) is 77.7 cm³/mol. The fraction of sp³-hybridized carbons (Fsp3) is 0.538. The van der Waals surface area contributed by atoms with Gasteiger partial charge < -0.3 is 10.2 Å². The first-order valence-corrected chi connectivity index (χ1v) is 6.56. The van der Waals surface area contributed by atoms with Gasteiger partial charge in [-0.2, -0.15) is 5.10 Å². The van der Waals surface area contributed by atoms with Crippen LogP contribution in [0.25, 0.3) is 0 Å². The Morgan fingerprint density at radius 1 is 1.43 bits per heavy atom. The molecule has 1 amide bonds. The Bertz CT molecular complexity index is 540. The maximum Gasteiger partial charge on any atom is 0.433 e. The smallest absolute Gasteiger partial charge is 0.400 e. The summed E-state index contributed by atoms with van der Waals surface area (Å²) < 4.78 is 4.88. The zero-order valence-electron chi connectivity index (χ0n) is 12.5. The first-order valence-electron chi connectivity index (χ1n) is 6.56. The summed E-state index contributed by atoms with van der Waals surface area (Å²) in [6.45, 7) is 7.44. The molecule has 0 aliphatic rings. The summed E-state index contributed by atoms with van der Waals surface area (Å²) in [7, 11) is 0. The first kappa shape index (κ1) is 16.8. The average Bonchev–Trinajstić information content (AvgIpc) is 2.85. The van der Waals surface area contributed by atoms with E-state index in [2.05, 4.69) is 10.5 Å². The van der Waals surface area contributed by atoms with Crippen LogP contribution in [0.4, 0.5) is 5.88 Å². The van der Waals surface area contributed by atoms with Crippen LogP contribution in [0.2, 0.25) is 0 Å². The van der Waals surface area contributed by atoms with Crippen LogP contribution in [-0.2, 0) is 4.79 Å². The largest absolute Gasteiger partial charge is 0.433 e. The number of nitrogens with zero attached hydrogens (tertiary/aromatic N) is 2. The van der Waals surface area contributed by atoms with Crippen LogP contribution in [0.5, 0.6) is 0 Å². The van der Waals surface area contributed by atoms with E-state index in [0.29, 0.717) is 0 Å². The monoisotopic (exact) mass is 296 g/mol. The van der Waals surface area contributed by atoms with E-state index in [1.54, 1.807) is 0 Å². The highest BCUT2D eigenvalue weighted by Crippen LogP contribution is 2.23.